The number of nitrogens with two attached hydrogens (primary N) is 1. The van der Waals surface area contributed by atoms with Crippen LogP contribution in [0, 0.1) is 0 Å². The summed E-state index contributed by atoms with van der Waals surface area (Å²) in [5.41, 5.74) is 5.30. The Morgan fingerprint density at radius 2 is 1.52 bits per heavy atom. The van der Waals surface area contributed by atoms with Gasteiger partial charge in [-0.2, -0.15) is 0 Å². The normalized spacial score (nSPS) is 17.0. The molecule has 0 radical (unpaired) electrons. The fraction of sp³-hybridized carbons (Fsp3) is 0.696. The lowest BCUT2D eigenvalue weighted by Gasteiger charge is -2.32. The molecule has 0 aromatic carbocycles. The number of aliphatic hydroxyl groups is 3. The number of ether oxygens (including phenoxy) is 1. The number of nitrogens with one attached hydrogen (secondary N) is 4. The van der Waals surface area contributed by atoms with Gasteiger partial charge in [0.1, 0.15) is 54.9 Å². The maximum atomic E-state index is 12.8. The Morgan fingerprint density at radius 3 is 1.98 bits per heavy atom. The first-order chi connectivity index (χ1) is 18.6. The van der Waals surface area contributed by atoms with Gasteiger partial charge in [-0.05, 0) is 26.7 Å². The van der Waals surface area contributed by atoms with Crippen LogP contribution in [0.25, 0.3) is 0 Å². The third-order valence-corrected chi connectivity index (χ3v) is 5.63. The van der Waals surface area contributed by atoms with Crippen molar-refractivity contribution < 1.29 is 58.7 Å². The van der Waals surface area contributed by atoms with Crippen molar-refractivity contribution in [2.45, 2.75) is 95.5 Å². The highest BCUT2D eigenvalue weighted by Gasteiger charge is 2.37. The summed E-state index contributed by atoms with van der Waals surface area (Å²) < 4.78 is 5.44. The number of primary amides is 1. The summed E-state index contributed by atoms with van der Waals surface area (Å²) in [6.45, 7) is 4.12. The lowest BCUT2D eigenvalue weighted by Crippen LogP contribution is -2.57. The SMILES string of the molecule is CCC(NC(=O)C(C)O[C@@H]([C@H](O)[C@H](O)CO)[C@H](C=O)NC(C)=O)C(=O)NC(CCC(=O)NC(C)C(=O)O)C(N)=O. The van der Waals surface area contributed by atoms with E-state index in [2.05, 4.69) is 21.3 Å². The topological polar surface area (TPSA) is 284 Å². The number of hydrogen-bond donors (Lipinski definition) is 9. The lowest BCUT2D eigenvalue weighted by molar-refractivity contribution is -0.158. The molecule has 0 aliphatic heterocycles. The molecule has 0 fully saturated rings. The second kappa shape index (κ2) is 17.8. The first kappa shape index (κ1) is 36.3. The molecule has 10 N–H and O–H groups in total. The number of rotatable bonds is 19. The minimum atomic E-state index is -1.90. The highest BCUT2D eigenvalue weighted by molar-refractivity contribution is 5.92. The minimum absolute atomic E-state index is 0.0184. The van der Waals surface area contributed by atoms with Crippen LogP contribution in [0.4, 0.5) is 0 Å². The Balaban J connectivity index is 5.41. The van der Waals surface area contributed by atoms with Gasteiger partial charge in [0, 0.05) is 13.3 Å². The average molecular weight is 578 g/mol. The Hall–Kier alpha value is -3.67. The van der Waals surface area contributed by atoms with Gasteiger partial charge in [-0.1, -0.05) is 6.92 Å². The molecule has 0 aromatic heterocycles. The third-order valence-electron chi connectivity index (χ3n) is 5.63. The summed E-state index contributed by atoms with van der Waals surface area (Å²) in [5, 5.41) is 47.2. The van der Waals surface area contributed by atoms with Crippen LogP contribution < -0.4 is 27.0 Å². The number of aliphatic carboxylic acids is 1. The predicted octanol–water partition coefficient (Wildman–Crippen LogP) is -4.59. The molecule has 40 heavy (non-hydrogen) atoms. The molecule has 0 saturated carbocycles. The van der Waals surface area contributed by atoms with Crippen molar-refractivity contribution in [2.24, 2.45) is 5.73 Å². The molecule has 0 aliphatic carbocycles. The zero-order valence-electron chi connectivity index (χ0n) is 22.7. The van der Waals surface area contributed by atoms with E-state index in [1.807, 2.05) is 0 Å². The number of carbonyl (C=O) groups excluding carboxylic acids is 6. The van der Waals surface area contributed by atoms with Crippen LogP contribution in [-0.4, -0.2) is 117 Å². The zero-order chi connectivity index (χ0) is 31.2. The van der Waals surface area contributed by atoms with Crippen LogP contribution in [0.1, 0.15) is 47.0 Å². The van der Waals surface area contributed by atoms with Crippen LogP contribution in [0.15, 0.2) is 0 Å². The Bertz CT molecular complexity index is 917. The van der Waals surface area contributed by atoms with Gasteiger partial charge in [-0.15, -0.1) is 0 Å². The van der Waals surface area contributed by atoms with E-state index in [1.54, 1.807) is 0 Å². The van der Waals surface area contributed by atoms with Gasteiger partial charge in [0.2, 0.25) is 29.5 Å². The smallest absolute Gasteiger partial charge is 0.325 e. The lowest BCUT2D eigenvalue weighted by atomic mass is 10.0. The first-order valence-electron chi connectivity index (χ1n) is 12.4. The largest absolute Gasteiger partial charge is 0.480 e. The monoisotopic (exact) mass is 577 g/mol. The summed E-state index contributed by atoms with van der Waals surface area (Å²) >= 11 is 0. The molecule has 228 valence electrons. The van der Waals surface area contributed by atoms with Gasteiger partial charge in [-0.25, -0.2) is 0 Å². The van der Waals surface area contributed by atoms with Gasteiger partial charge in [0.05, 0.1) is 6.61 Å². The quantitative estimate of drug-likeness (QED) is 0.0656. The molecular formula is C23H39N5O12. The van der Waals surface area contributed by atoms with Crippen LogP contribution >= 0.6 is 0 Å². The van der Waals surface area contributed by atoms with E-state index in [4.69, 9.17) is 20.7 Å². The van der Waals surface area contributed by atoms with E-state index in [1.165, 1.54) is 20.8 Å². The van der Waals surface area contributed by atoms with Crippen molar-refractivity contribution in [2.75, 3.05) is 6.61 Å². The summed E-state index contributed by atoms with van der Waals surface area (Å²) in [4.78, 5) is 83.0. The molecule has 17 heteroatoms. The van der Waals surface area contributed by atoms with Crippen molar-refractivity contribution in [1.82, 2.24) is 21.3 Å². The molecule has 0 spiro atoms. The fourth-order valence-corrected chi connectivity index (χ4v) is 3.28. The van der Waals surface area contributed by atoms with Gasteiger partial charge >= 0.3 is 5.97 Å². The molecule has 5 amide bonds. The molecule has 17 nitrogen and oxygen atoms in total. The maximum Gasteiger partial charge on any atom is 0.325 e. The van der Waals surface area contributed by atoms with Gasteiger partial charge in [0.15, 0.2) is 0 Å². The Kier molecular flexibility index (Phi) is 16.2. The minimum Gasteiger partial charge on any atom is -0.480 e. The van der Waals surface area contributed by atoms with Crippen molar-refractivity contribution >= 4 is 41.8 Å². The van der Waals surface area contributed by atoms with Crippen LogP contribution in [-0.2, 0) is 38.3 Å². The maximum absolute atomic E-state index is 12.8. The summed E-state index contributed by atoms with van der Waals surface area (Å²) in [7, 11) is 0. The molecule has 0 aromatic rings. The molecule has 0 rings (SSSR count). The fourth-order valence-electron chi connectivity index (χ4n) is 3.28. The number of carbonyl (C=O) groups is 7. The van der Waals surface area contributed by atoms with E-state index in [9.17, 15) is 43.8 Å². The van der Waals surface area contributed by atoms with E-state index in [-0.39, 0.29) is 25.5 Å². The first-order valence-corrected chi connectivity index (χ1v) is 12.4. The summed E-state index contributed by atoms with van der Waals surface area (Å²) in [5.74, 6) is -5.39. The molecule has 4 unspecified atom stereocenters. The average Bonchev–Trinajstić information content (AvgIpc) is 2.89. The molecule has 0 bridgehead atoms. The van der Waals surface area contributed by atoms with Crippen LogP contribution in [0.3, 0.4) is 0 Å². The van der Waals surface area contributed by atoms with Crippen molar-refractivity contribution in [3.8, 4) is 0 Å². The molecule has 0 heterocycles. The van der Waals surface area contributed by atoms with Crippen LogP contribution in [0.5, 0.6) is 0 Å². The standard InChI is InChI=1S/C23H39N5O12/c1-5-13(22(37)28-14(20(24)35)6-7-17(33)25-10(2)23(38)39)27-21(36)11(3)40-19(18(34)16(32)9-30)15(8-29)26-12(4)31/h8,10-11,13-16,18-19,30,32,34H,5-7,9H2,1-4H3,(H2,24,35)(H,25,33)(H,26,31)(H,27,36)(H,28,37)(H,38,39)/t10?,11?,13?,14?,15-,16+,18+,19+/m0/s1. The van der Waals surface area contributed by atoms with Crippen molar-refractivity contribution in [1.29, 1.82) is 0 Å². The number of carboxylic acid groups (broad SMARTS) is 1. The highest BCUT2D eigenvalue weighted by Crippen LogP contribution is 2.13. The zero-order valence-corrected chi connectivity index (χ0v) is 22.7. The number of carboxylic acids is 1. The molecule has 0 saturated heterocycles. The van der Waals surface area contributed by atoms with E-state index in [0.29, 0.717) is 0 Å². The van der Waals surface area contributed by atoms with E-state index >= 15 is 0 Å². The summed E-state index contributed by atoms with van der Waals surface area (Å²) in [6, 6.07) is -5.25. The molecule has 8 atom stereocenters. The summed E-state index contributed by atoms with van der Waals surface area (Å²) in [6.07, 6.45) is -7.20. The van der Waals surface area contributed by atoms with E-state index < -0.39 is 90.7 Å². The van der Waals surface area contributed by atoms with Crippen molar-refractivity contribution in [3.05, 3.63) is 0 Å². The Morgan fingerprint density at radius 1 is 0.950 bits per heavy atom. The second-order valence-electron chi connectivity index (χ2n) is 8.94. The third kappa shape index (κ3) is 12.5. The van der Waals surface area contributed by atoms with Crippen molar-refractivity contribution in [3.63, 3.8) is 0 Å². The predicted molar refractivity (Wildman–Crippen MR) is 135 cm³/mol. The highest BCUT2D eigenvalue weighted by atomic mass is 16.5. The Labute approximate surface area is 230 Å². The number of aliphatic hydroxyl groups excluding tert-OH is 3. The second-order valence-corrected chi connectivity index (χ2v) is 8.94. The van der Waals surface area contributed by atoms with Crippen LogP contribution in [0.2, 0.25) is 0 Å². The number of hydrogen-bond acceptors (Lipinski definition) is 11. The number of amides is 5. The van der Waals surface area contributed by atoms with Gasteiger partial charge < -0.3 is 57.0 Å². The molecule has 0 aliphatic rings. The van der Waals surface area contributed by atoms with E-state index in [0.717, 1.165) is 6.92 Å². The van der Waals surface area contributed by atoms with Gasteiger partial charge in [0.25, 0.3) is 0 Å². The molecular weight excluding hydrogens is 538 g/mol. The van der Waals surface area contributed by atoms with Gasteiger partial charge in [-0.3, -0.25) is 28.8 Å². The number of aldehydes is 1.